The summed E-state index contributed by atoms with van der Waals surface area (Å²) in [7, 11) is 0. The number of carbonyl (C=O) groups excluding carboxylic acids is 1. The van der Waals surface area contributed by atoms with Crippen LogP contribution in [0.15, 0.2) is 66.9 Å². The standard InChI is InChI=1S/C22H21N3O/c1-16-6-4-9-18(14-16)24-22(26)20-12-11-19(15-23-20)25-13-5-8-17-7-2-3-10-21(17)25/h2-4,6-7,9-12,14-15H,5,8,13H2,1H3,(H,24,26). The lowest BCUT2D eigenvalue weighted by molar-refractivity contribution is 0.102. The van der Waals surface area contributed by atoms with Gasteiger partial charge in [-0.15, -0.1) is 0 Å². The van der Waals surface area contributed by atoms with E-state index in [4.69, 9.17) is 0 Å². The number of carbonyl (C=O) groups is 1. The number of benzene rings is 2. The van der Waals surface area contributed by atoms with E-state index in [1.165, 1.54) is 11.3 Å². The van der Waals surface area contributed by atoms with E-state index in [0.717, 1.165) is 36.3 Å². The zero-order chi connectivity index (χ0) is 17.9. The molecule has 1 amide bonds. The Balaban J connectivity index is 1.53. The molecular formula is C22H21N3O. The van der Waals surface area contributed by atoms with Crippen LogP contribution >= 0.6 is 0 Å². The maximum atomic E-state index is 12.4. The zero-order valence-corrected chi connectivity index (χ0v) is 14.8. The second-order valence-corrected chi connectivity index (χ2v) is 6.61. The fourth-order valence-corrected chi connectivity index (χ4v) is 3.40. The van der Waals surface area contributed by atoms with Crippen molar-refractivity contribution in [1.29, 1.82) is 0 Å². The van der Waals surface area contributed by atoms with Gasteiger partial charge in [-0.05, 0) is 61.2 Å². The molecule has 1 aromatic heterocycles. The fourth-order valence-electron chi connectivity index (χ4n) is 3.40. The summed E-state index contributed by atoms with van der Waals surface area (Å²) in [5.41, 5.74) is 5.92. The molecule has 4 nitrogen and oxygen atoms in total. The molecule has 0 atom stereocenters. The number of nitrogens with one attached hydrogen (secondary N) is 1. The van der Waals surface area contributed by atoms with Gasteiger partial charge in [-0.1, -0.05) is 30.3 Å². The van der Waals surface area contributed by atoms with E-state index < -0.39 is 0 Å². The molecule has 0 bridgehead atoms. The van der Waals surface area contributed by atoms with E-state index in [1.54, 1.807) is 12.3 Å². The van der Waals surface area contributed by atoms with Gasteiger partial charge in [-0.3, -0.25) is 4.79 Å². The van der Waals surface area contributed by atoms with Crippen molar-refractivity contribution in [2.45, 2.75) is 19.8 Å². The van der Waals surface area contributed by atoms with Gasteiger partial charge in [-0.25, -0.2) is 4.98 Å². The van der Waals surface area contributed by atoms with Gasteiger partial charge < -0.3 is 10.2 Å². The number of aromatic nitrogens is 1. The number of aryl methyl sites for hydroxylation is 2. The number of pyridine rings is 1. The van der Waals surface area contributed by atoms with Crippen LogP contribution < -0.4 is 10.2 Å². The van der Waals surface area contributed by atoms with Crippen molar-refractivity contribution in [2.75, 3.05) is 16.8 Å². The molecule has 0 aliphatic carbocycles. The largest absolute Gasteiger partial charge is 0.340 e. The summed E-state index contributed by atoms with van der Waals surface area (Å²) in [6.45, 7) is 2.96. The lowest BCUT2D eigenvalue weighted by Gasteiger charge is -2.31. The number of amides is 1. The van der Waals surface area contributed by atoms with E-state index in [-0.39, 0.29) is 5.91 Å². The molecule has 4 rings (SSSR count). The molecule has 0 saturated carbocycles. The number of hydrogen-bond acceptors (Lipinski definition) is 3. The Labute approximate surface area is 153 Å². The molecule has 26 heavy (non-hydrogen) atoms. The van der Waals surface area contributed by atoms with Crippen LogP contribution in [0.4, 0.5) is 17.1 Å². The van der Waals surface area contributed by atoms with Crippen LogP contribution in [0.5, 0.6) is 0 Å². The molecule has 0 saturated heterocycles. The maximum Gasteiger partial charge on any atom is 0.274 e. The maximum absolute atomic E-state index is 12.4. The summed E-state index contributed by atoms with van der Waals surface area (Å²) in [6.07, 6.45) is 4.01. The first-order valence-electron chi connectivity index (χ1n) is 8.90. The number of para-hydroxylation sites is 1. The predicted molar refractivity (Wildman–Crippen MR) is 105 cm³/mol. The second-order valence-electron chi connectivity index (χ2n) is 6.61. The number of hydrogen-bond donors (Lipinski definition) is 1. The molecule has 2 heterocycles. The Morgan fingerprint density at radius 3 is 2.77 bits per heavy atom. The topological polar surface area (TPSA) is 45.2 Å². The molecule has 3 aromatic rings. The van der Waals surface area contributed by atoms with Crippen molar-refractivity contribution in [3.05, 3.63) is 83.7 Å². The van der Waals surface area contributed by atoms with E-state index >= 15 is 0 Å². The molecule has 1 aliphatic heterocycles. The van der Waals surface area contributed by atoms with E-state index in [2.05, 4.69) is 39.5 Å². The van der Waals surface area contributed by atoms with Crippen LogP contribution in [0.1, 0.15) is 28.0 Å². The van der Waals surface area contributed by atoms with Crippen LogP contribution in [0.3, 0.4) is 0 Å². The summed E-state index contributed by atoms with van der Waals surface area (Å²) >= 11 is 0. The van der Waals surface area contributed by atoms with Gasteiger partial charge >= 0.3 is 0 Å². The van der Waals surface area contributed by atoms with Gasteiger partial charge in [0.2, 0.25) is 0 Å². The molecule has 0 radical (unpaired) electrons. The van der Waals surface area contributed by atoms with Gasteiger partial charge in [0.05, 0.1) is 11.9 Å². The first-order valence-corrected chi connectivity index (χ1v) is 8.90. The predicted octanol–water partition coefficient (Wildman–Crippen LogP) is 4.73. The third kappa shape index (κ3) is 3.31. The van der Waals surface area contributed by atoms with E-state index in [1.807, 2.05) is 37.3 Å². The number of anilines is 3. The van der Waals surface area contributed by atoms with E-state index in [9.17, 15) is 4.79 Å². The fraction of sp³-hybridized carbons (Fsp3) is 0.182. The molecule has 0 unspecified atom stereocenters. The van der Waals surface area contributed by atoms with Crippen molar-refractivity contribution < 1.29 is 4.79 Å². The molecule has 0 fully saturated rings. The monoisotopic (exact) mass is 343 g/mol. The molecular weight excluding hydrogens is 322 g/mol. The van der Waals surface area contributed by atoms with Gasteiger partial charge in [0.1, 0.15) is 5.69 Å². The average Bonchev–Trinajstić information content (AvgIpc) is 2.68. The van der Waals surface area contributed by atoms with Crippen LogP contribution in [0.25, 0.3) is 0 Å². The van der Waals surface area contributed by atoms with Gasteiger partial charge in [0, 0.05) is 17.9 Å². The lowest BCUT2D eigenvalue weighted by Crippen LogP contribution is -2.24. The highest BCUT2D eigenvalue weighted by Crippen LogP contribution is 2.32. The highest BCUT2D eigenvalue weighted by atomic mass is 16.1. The summed E-state index contributed by atoms with van der Waals surface area (Å²) in [6, 6.07) is 20.0. The Bertz CT molecular complexity index is 934. The summed E-state index contributed by atoms with van der Waals surface area (Å²) < 4.78 is 0. The Hall–Kier alpha value is -3.14. The highest BCUT2D eigenvalue weighted by Gasteiger charge is 2.18. The number of fused-ring (bicyclic) bond motifs is 1. The lowest BCUT2D eigenvalue weighted by atomic mass is 10.0. The van der Waals surface area contributed by atoms with Gasteiger partial charge in [-0.2, -0.15) is 0 Å². The Morgan fingerprint density at radius 2 is 1.96 bits per heavy atom. The normalized spacial score (nSPS) is 13.2. The first kappa shape index (κ1) is 16.3. The molecule has 4 heteroatoms. The average molecular weight is 343 g/mol. The third-order valence-electron chi connectivity index (χ3n) is 4.68. The van der Waals surface area contributed by atoms with Crippen molar-refractivity contribution in [1.82, 2.24) is 4.98 Å². The van der Waals surface area contributed by atoms with Crippen LogP contribution in [-0.4, -0.2) is 17.4 Å². The molecule has 1 N–H and O–H groups in total. The Morgan fingerprint density at radius 1 is 1.08 bits per heavy atom. The SMILES string of the molecule is Cc1cccc(NC(=O)c2ccc(N3CCCc4ccccc43)cn2)c1. The minimum absolute atomic E-state index is 0.193. The van der Waals surface area contributed by atoms with Crippen LogP contribution in [0.2, 0.25) is 0 Å². The zero-order valence-electron chi connectivity index (χ0n) is 14.8. The van der Waals surface area contributed by atoms with Crippen molar-refractivity contribution >= 4 is 23.0 Å². The van der Waals surface area contributed by atoms with Crippen molar-refractivity contribution in [3.63, 3.8) is 0 Å². The number of rotatable bonds is 3. The first-order chi connectivity index (χ1) is 12.7. The molecule has 130 valence electrons. The van der Waals surface area contributed by atoms with Crippen LogP contribution in [-0.2, 0) is 6.42 Å². The number of nitrogens with zero attached hydrogens (tertiary/aromatic N) is 2. The van der Waals surface area contributed by atoms with Crippen molar-refractivity contribution in [3.8, 4) is 0 Å². The van der Waals surface area contributed by atoms with E-state index in [0.29, 0.717) is 5.69 Å². The highest BCUT2D eigenvalue weighted by molar-refractivity contribution is 6.03. The molecule has 0 spiro atoms. The minimum Gasteiger partial charge on any atom is -0.340 e. The van der Waals surface area contributed by atoms with Crippen molar-refractivity contribution in [2.24, 2.45) is 0 Å². The van der Waals surface area contributed by atoms with Gasteiger partial charge in [0.15, 0.2) is 0 Å². The Kier molecular flexibility index (Phi) is 4.40. The summed E-state index contributed by atoms with van der Waals surface area (Å²) in [5.74, 6) is -0.193. The van der Waals surface area contributed by atoms with Crippen LogP contribution in [0, 0.1) is 6.92 Å². The van der Waals surface area contributed by atoms with Gasteiger partial charge in [0.25, 0.3) is 5.91 Å². The molecule has 2 aromatic carbocycles. The third-order valence-corrected chi connectivity index (χ3v) is 4.68. The summed E-state index contributed by atoms with van der Waals surface area (Å²) in [4.78, 5) is 19.1. The molecule has 1 aliphatic rings. The summed E-state index contributed by atoms with van der Waals surface area (Å²) in [5, 5.41) is 2.90. The quantitative estimate of drug-likeness (QED) is 0.748. The second kappa shape index (κ2) is 7.00. The minimum atomic E-state index is -0.193. The smallest absolute Gasteiger partial charge is 0.274 e.